The van der Waals surface area contributed by atoms with Crippen molar-refractivity contribution in [3.8, 4) is 5.75 Å². The molecule has 0 radical (unpaired) electrons. The van der Waals surface area contributed by atoms with Gasteiger partial charge in [0.15, 0.2) is 0 Å². The molecule has 0 fully saturated rings. The molecule has 0 atom stereocenters. The maximum Gasteiger partial charge on any atom is 0.251 e. The van der Waals surface area contributed by atoms with E-state index in [1.807, 2.05) is 26.0 Å². The fourth-order valence-electron chi connectivity index (χ4n) is 3.46. The summed E-state index contributed by atoms with van der Waals surface area (Å²) in [6.45, 7) is 20.4. The van der Waals surface area contributed by atoms with E-state index in [1.165, 1.54) is 0 Å². The van der Waals surface area contributed by atoms with E-state index in [1.54, 1.807) is 0 Å². The normalized spacial score (nSPS) is 13.1. The second-order valence-corrected chi connectivity index (χ2v) is 10.5. The molecule has 0 saturated heterocycles. The summed E-state index contributed by atoms with van der Waals surface area (Å²) in [6.07, 6.45) is 1.09. The molecule has 1 amide bonds. The molecule has 1 aromatic carbocycles. The molecule has 0 bridgehead atoms. The maximum absolute atomic E-state index is 13.1. The van der Waals surface area contributed by atoms with Crippen LogP contribution in [0.15, 0.2) is 12.1 Å². The molecule has 0 aliphatic heterocycles. The zero-order valence-electron chi connectivity index (χ0n) is 19.1. The molecule has 0 unspecified atom stereocenters. The highest BCUT2D eigenvalue weighted by Gasteiger charge is 2.29. The number of rotatable bonds is 6. The molecule has 2 N–H and O–H groups in total. The highest BCUT2D eigenvalue weighted by Crippen LogP contribution is 2.39. The molecule has 0 aliphatic carbocycles. The van der Waals surface area contributed by atoms with E-state index >= 15 is 0 Å². The quantitative estimate of drug-likeness (QED) is 0.747. The number of carbonyl (C=O) groups is 1. The minimum Gasteiger partial charge on any atom is -0.507 e. The molecule has 0 aliphatic rings. The third-order valence-corrected chi connectivity index (χ3v) is 4.71. The lowest BCUT2D eigenvalue weighted by Crippen LogP contribution is -2.50. The van der Waals surface area contributed by atoms with E-state index in [2.05, 4.69) is 65.7 Å². The van der Waals surface area contributed by atoms with E-state index in [0.717, 1.165) is 30.6 Å². The van der Waals surface area contributed by atoms with Gasteiger partial charge in [0.2, 0.25) is 0 Å². The van der Waals surface area contributed by atoms with Gasteiger partial charge < -0.3 is 15.3 Å². The smallest absolute Gasteiger partial charge is 0.251 e. The van der Waals surface area contributed by atoms with Crippen LogP contribution in [0.25, 0.3) is 0 Å². The summed E-state index contributed by atoms with van der Waals surface area (Å²) in [7, 11) is 2.08. The molecule has 0 saturated carbocycles. The largest absolute Gasteiger partial charge is 0.507 e. The van der Waals surface area contributed by atoms with Crippen LogP contribution in [-0.4, -0.2) is 41.6 Å². The molecule has 4 nitrogen and oxygen atoms in total. The Labute approximate surface area is 166 Å². The average Bonchev–Trinajstić information content (AvgIpc) is 2.43. The van der Waals surface area contributed by atoms with Crippen LogP contribution in [0.1, 0.15) is 90.2 Å². The number of hydrogen-bond acceptors (Lipinski definition) is 3. The Hall–Kier alpha value is -1.55. The number of phenols is 1. The van der Waals surface area contributed by atoms with E-state index < -0.39 is 0 Å². The van der Waals surface area contributed by atoms with Gasteiger partial charge in [0.25, 0.3) is 5.91 Å². The summed E-state index contributed by atoms with van der Waals surface area (Å²) in [6, 6.07) is 3.68. The molecule has 4 heteroatoms. The second-order valence-electron chi connectivity index (χ2n) is 10.5. The van der Waals surface area contributed by atoms with Crippen LogP contribution in [0.5, 0.6) is 5.75 Å². The summed E-state index contributed by atoms with van der Waals surface area (Å²) in [4.78, 5) is 15.3. The first-order valence-corrected chi connectivity index (χ1v) is 9.97. The number of benzene rings is 1. The molecular weight excluding hydrogens is 336 g/mol. The maximum atomic E-state index is 13.1. The van der Waals surface area contributed by atoms with Gasteiger partial charge in [-0.2, -0.15) is 0 Å². The van der Waals surface area contributed by atoms with Crippen LogP contribution >= 0.6 is 0 Å². The van der Waals surface area contributed by atoms with Crippen LogP contribution in [-0.2, 0) is 10.8 Å². The molecule has 0 heterocycles. The van der Waals surface area contributed by atoms with E-state index in [0.29, 0.717) is 11.3 Å². The molecule has 0 aromatic heterocycles. The Kier molecular flexibility index (Phi) is 7.15. The van der Waals surface area contributed by atoms with Gasteiger partial charge in [-0.05, 0) is 56.8 Å². The lowest BCUT2D eigenvalue weighted by Gasteiger charge is -2.32. The standard InChI is InChI=1S/C23H40N2O2/c1-11-12-25(10)15-23(8,9)24-20(27)16-13-17(21(2,3)4)19(26)18(14-16)22(5,6)7/h13-14,26H,11-12,15H2,1-10H3,(H,24,27). The van der Waals surface area contributed by atoms with Crippen molar-refractivity contribution in [2.75, 3.05) is 20.1 Å². The van der Waals surface area contributed by atoms with Crippen molar-refractivity contribution in [3.05, 3.63) is 28.8 Å². The topological polar surface area (TPSA) is 52.6 Å². The number of carbonyl (C=O) groups excluding carboxylic acids is 1. The number of amides is 1. The van der Waals surface area contributed by atoms with E-state index in [-0.39, 0.29) is 22.3 Å². The van der Waals surface area contributed by atoms with E-state index in [9.17, 15) is 9.90 Å². The van der Waals surface area contributed by atoms with Crippen molar-refractivity contribution in [1.29, 1.82) is 0 Å². The number of hydrogen-bond donors (Lipinski definition) is 2. The van der Waals surface area contributed by atoms with Gasteiger partial charge in [-0.1, -0.05) is 48.5 Å². The minimum atomic E-state index is -0.345. The third kappa shape index (κ3) is 6.53. The minimum absolute atomic E-state index is 0.0964. The van der Waals surface area contributed by atoms with Crippen molar-refractivity contribution in [1.82, 2.24) is 10.2 Å². The van der Waals surface area contributed by atoms with Crippen molar-refractivity contribution in [2.24, 2.45) is 0 Å². The first-order chi connectivity index (χ1) is 12.1. The zero-order valence-corrected chi connectivity index (χ0v) is 19.1. The summed E-state index contributed by atoms with van der Waals surface area (Å²) in [5, 5.41) is 14.0. The highest BCUT2D eigenvalue weighted by molar-refractivity contribution is 5.95. The van der Waals surface area contributed by atoms with Crippen LogP contribution < -0.4 is 5.32 Å². The fraction of sp³-hybridized carbons (Fsp3) is 0.696. The van der Waals surface area contributed by atoms with E-state index in [4.69, 9.17) is 0 Å². The van der Waals surface area contributed by atoms with Crippen molar-refractivity contribution in [2.45, 2.75) is 85.1 Å². The van der Waals surface area contributed by atoms with Crippen molar-refractivity contribution < 1.29 is 9.90 Å². The van der Waals surface area contributed by atoms with Gasteiger partial charge in [-0.3, -0.25) is 4.79 Å². The fourth-order valence-corrected chi connectivity index (χ4v) is 3.46. The second kappa shape index (κ2) is 8.22. The summed E-state index contributed by atoms with van der Waals surface area (Å²) in [5.41, 5.74) is 1.37. The number of phenolic OH excluding ortho intramolecular Hbond substituents is 1. The Balaban J connectivity index is 3.27. The summed E-state index contributed by atoms with van der Waals surface area (Å²) in [5.74, 6) is 0.203. The van der Waals surface area contributed by atoms with Crippen LogP contribution in [0.4, 0.5) is 0 Å². The summed E-state index contributed by atoms with van der Waals surface area (Å²) < 4.78 is 0. The highest BCUT2D eigenvalue weighted by atomic mass is 16.3. The first-order valence-electron chi connectivity index (χ1n) is 9.97. The zero-order chi connectivity index (χ0) is 21.2. The SMILES string of the molecule is CCCN(C)CC(C)(C)NC(=O)c1cc(C(C)(C)C)c(O)c(C(C)(C)C)c1. The Morgan fingerprint density at radius 2 is 1.44 bits per heavy atom. The predicted molar refractivity (Wildman–Crippen MR) is 115 cm³/mol. The number of nitrogens with zero attached hydrogens (tertiary/aromatic N) is 1. The number of likely N-dealkylation sites (N-methyl/N-ethyl adjacent to an activating group) is 1. The number of nitrogens with one attached hydrogen (secondary N) is 1. The first kappa shape index (κ1) is 23.5. The average molecular weight is 377 g/mol. The molecule has 1 rings (SSSR count). The molecule has 27 heavy (non-hydrogen) atoms. The van der Waals surface area contributed by atoms with Gasteiger partial charge in [-0.25, -0.2) is 0 Å². The molecule has 0 spiro atoms. The Morgan fingerprint density at radius 1 is 1.00 bits per heavy atom. The number of aromatic hydroxyl groups is 1. The van der Waals surface area contributed by atoms with Crippen molar-refractivity contribution >= 4 is 5.91 Å². The van der Waals surface area contributed by atoms with Crippen molar-refractivity contribution in [3.63, 3.8) is 0 Å². The van der Waals surface area contributed by atoms with Crippen LogP contribution in [0.2, 0.25) is 0 Å². The van der Waals surface area contributed by atoms with Gasteiger partial charge >= 0.3 is 0 Å². The Morgan fingerprint density at radius 3 is 1.81 bits per heavy atom. The summed E-state index contributed by atoms with van der Waals surface area (Å²) >= 11 is 0. The molecule has 154 valence electrons. The monoisotopic (exact) mass is 376 g/mol. The lowest BCUT2D eigenvalue weighted by atomic mass is 9.78. The lowest BCUT2D eigenvalue weighted by molar-refractivity contribution is 0.0894. The van der Waals surface area contributed by atoms with Gasteiger partial charge in [0.05, 0.1) is 0 Å². The van der Waals surface area contributed by atoms with Gasteiger partial charge in [-0.15, -0.1) is 0 Å². The van der Waals surface area contributed by atoms with Gasteiger partial charge in [0.1, 0.15) is 5.75 Å². The third-order valence-electron chi connectivity index (χ3n) is 4.71. The van der Waals surface area contributed by atoms with Crippen LogP contribution in [0, 0.1) is 0 Å². The van der Waals surface area contributed by atoms with Crippen LogP contribution in [0.3, 0.4) is 0 Å². The molecule has 1 aromatic rings. The molecular formula is C23H40N2O2. The Bertz CT molecular complexity index is 629. The predicted octanol–water partition coefficient (Wildman–Crippen LogP) is 4.84. The van der Waals surface area contributed by atoms with Gasteiger partial charge in [0, 0.05) is 28.8 Å².